The molecule has 5 nitrogen and oxygen atoms in total. The second kappa shape index (κ2) is 7.78. The highest BCUT2D eigenvalue weighted by atomic mass is 79.9. The van der Waals surface area contributed by atoms with Crippen molar-refractivity contribution >= 4 is 61.4 Å². The number of benzene rings is 2. The Bertz CT molecular complexity index is 878. The summed E-state index contributed by atoms with van der Waals surface area (Å²) in [6.07, 6.45) is 1.40. The van der Waals surface area contributed by atoms with Gasteiger partial charge in [0, 0.05) is 10.0 Å². The maximum absolute atomic E-state index is 11.8. The van der Waals surface area contributed by atoms with Crippen LogP contribution in [0.4, 0.5) is 0 Å². The maximum Gasteiger partial charge on any atom is 0.250 e. The minimum atomic E-state index is -0.231. The second-order valence-corrected chi connectivity index (χ2v) is 7.90. The van der Waals surface area contributed by atoms with Crippen LogP contribution in [0.5, 0.6) is 5.75 Å². The first-order chi connectivity index (χ1) is 11.6. The molecule has 0 radical (unpaired) electrons. The second-order valence-electron chi connectivity index (χ2n) is 4.73. The van der Waals surface area contributed by atoms with E-state index < -0.39 is 0 Å². The van der Waals surface area contributed by atoms with Crippen molar-refractivity contribution in [1.29, 1.82) is 0 Å². The minimum absolute atomic E-state index is 0.0973. The predicted octanol–water partition coefficient (Wildman–Crippen LogP) is 4.01. The molecular formula is C16H12BrN3O2S2. The number of halogens is 1. The van der Waals surface area contributed by atoms with Crippen molar-refractivity contribution in [1.82, 2.24) is 10.4 Å². The Kier molecular flexibility index (Phi) is 5.49. The molecule has 0 unspecified atom stereocenters. The lowest BCUT2D eigenvalue weighted by atomic mass is 10.2. The molecule has 24 heavy (non-hydrogen) atoms. The van der Waals surface area contributed by atoms with Crippen LogP contribution in [0, 0.1) is 0 Å². The molecule has 2 N–H and O–H groups in total. The van der Waals surface area contributed by atoms with Gasteiger partial charge in [-0.2, -0.15) is 5.10 Å². The number of fused-ring (bicyclic) bond motifs is 1. The van der Waals surface area contributed by atoms with Crippen molar-refractivity contribution in [3.05, 3.63) is 52.5 Å². The molecule has 0 aliphatic rings. The molecule has 1 amide bonds. The number of thiazole rings is 1. The Morgan fingerprint density at radius 1 is 1.38 bits per heavy atom. The van der Waals surface area contributed by atoms with Crippen LogP contribution >= 0.6 is 39.0 Å². The van der Waals surface area contributed by atoms with Gasteiger partial charge in [0.05, 0.1) is 22.2 Å². The van der Waals surface area contributed by atoms with E-state index in [1.165, 1.54) is 18.0 Å². The highest BCUT2D eigenvalue weighted by Crippen LogP contribution is 2.29. The van der Waals surface area contributed by atoms with Crippen molar-refractivity contribution in [3.63, 3.8) is 0 Å². The van der Waals surface area contributed by atoms with Gasteiger partial charge in [-0.15, -0.1) is 11.3 Å². The minimum Gasteiger partial charge on any atom is -0.507 e. The van der Waals surface area contributed by atoms with Crippen LogP contribution < -0.4 is 5.43 Å². The quantitative estimate of drug-likeness (QED) is 0.370. The largest absolute Gasteiger partial charge is 0.507 e. The monoisotopic (exact) mass is 421 g/mol. The number of nitrogens with zero attached hydrogens (tertiary/aromatic N) is 2. The van der Waals surface area contributed by atoms with Gasteiger partial charge in [-0.05, 0) is 30.3 Å². The first-order valence-corrected chi connectivity index (χ1v) is 9.50. The van der Waals surface area contributed by atoms with E-state index in [9.17, 15) is 9.90 Å². The maximum atomic E-state index is 11.8. The number of phenols is 1. The molecular weight excluding hydrogens is 410 g/mol. The highest BCUT2D eigenvalue weighted by Gasteiger charge is 2.07. The fraction of sp³-hybridized carbons (Fsp3) is 0.0625. The molecule has 0 fully saturated rings. The first kappa shape index (κ1) is 16.9. The molecule has 122 valence electrons. The third-order valence-corrected chi connectivity index (χ3v) is 5.66. The van der Waals surface area contributed by atoms with Crippen LogP contribution in [0.15, 0.2) is 56.4 Å². The molecule has 1 heterocycles. The molecule has 1 aromatic heterocycles. The average Bonchev–Trinajstić information content (AvgIpc) is 2.99. The standard InChI is InChI=1S/C16H12BrN3O2S2/c17-11-5-6-13(21)10(7-11)8-18-20-15(22)9-23-16-19-12-3-1-2-4-14(12)24-16/h1-8,21H,9H2,(H,20,22)/b18-8+. The van der Waals surface area contributed by atoms with Crippen LogP contribution in [0.1, 0.15) is 5.56 Å². The third-order valence-electron chi connectivity index (χ3n) is 2.98. The Labute approximate surface area is 154 Å². The van der Waals surface area contributed by atoms with E-state index in [4.69, 9.17) is 0 Å². The zero-order chi connectivity index (χ0) is 16.9. The van der Waals surface area contributed by atoms with E-state index >= 15 is 0 Å². The highest BCUT2D eigenvalue weighted by molar-refractivity contribution is 9.10. The third kappa shape index (κ3) is 4.34. The van der Waals surface area contributed by atoms with Crippen LogP contribution in [-0.2, 0) is 4.79 Å². The number of carbonyl (C=O) groups excluding carboxylic acids is 1. The molecule has 8 heteroatoms. The fourth-order valence-electron chi connectivity index (χ4n) is 1.87. The summed E-state index contributed by atoms with van der Waals surface area (Å²) < 4.78 is 2.77. The number of aromatic nitrogens is 1. The van der Waals surface area contributed by atoms with Crippen molar-refractivity contribution < 1.29 is 9.90 Å². The summed E-state index contributed by atoms with van der Waals surface area (Å²) in [5.74, 6) is 0.0896. The van der Waals surface area contributed by atoms with Gasteiger partial charge in [0.2, 0.25) is 0 Å². The Morgan fingerprint density at radius 2 is 2.21 bits per heavy atom. The summed E-state index contributed by atoms with van der Waals surface area (Å²) in [7, 11) is 0. The predicted molar refractivity (Wildman–Crippen MR) is 102 cm³/mol. The van der Waals surface area contributed by atoms with Gasteiger partial charge in [-0.1, -0.05) is 39.8 Å². The molecule has 0 spiro atoms. The number of hydrazone groups is 1. The molecule has 0 saturated heterocycles. The van der Waals surface area contributed by atoms with Gasteiger partial charge < -0.3 is 5.11 Å². The van der Waals surface area contributed by atoms with E-state index in [2.05, 4.69) is 31.4 Å². The summed E-state index contributed by atoms with van der Waals surface area (Å²) in [6, 6.07) is 12.8. The van der Waals surface area contributed by atoms with Crippen molar-refractivity contribution in [2.75, 3.05) is 5.75 Å². The lowest BCUT2D eigenvalue weighted by Gasteiger charge is -2.00. The number of amides is 1. The smallest absolute Gasteiger partial charge is 0.250 e. The Morgan fingerprint density at radius 3 is 3.04 bits per heavy atom. The van der Waals surface area contributed by atoms with Gasteiger partial charge in [-0.3, -0.25) is 4.79 Å². The van der Waals surface area contributed by atoms with E-state index in [1.807, 2.05) is 24.3 Å². The Balaban J connectivity index is 1.54. The van der Waals surface area contributed by atoms with Crippen molar-refractivity contribution in [3.8, 4) is 5.75 Å². The van der Waals surface area contributed by atoms with E-state index in [-0.39, 0.29) is 17.4 Å². The van der Waals surface area contributed by atoms with E-state index in [0.29, 0.717) is 5.56 Å². The molecule has 0 saturated carbocycles. The number of hydrogen-bond donors (Lipinski definition) is 2. The van der Waals surface area contributed by atoms with Crippen LogP contribution in [0.25, 0.3) is 10.2 Å². The summed E-state index contributed by atoms with van der Waals surface area (Å²) >= 11 is 6.24. The molecule has 2 aromatic carbocycles. The van der Waals surface area contributed by atoms with Crippen LogP contribution in [0.3, 0.4) is 0 Å². The van der Waals surface area contributed by atoms with Gasteiger partial charge >= 0.3 is 0 Å². The molecule has 0 aliphatic heterocycles. The van der Waals surface area contributed by atoms with Crippen LogP contribution in [-0.4, -0.2) is 28.0 Å². The molecule has 3 rings (SSSR count). The van der Waals surface area contributed by atoms with Gasteiger partial charge in [0.25, 0.3) is 5.91 Å². The number of para-hydroxylation sites is 1. The van der Waals surface area contributed by atoms with E-state index in [0.717, 1.165) is 19.0 Å². The first-order valence-electron chi connectivity index (χ1n) is 6.90. The number of nitrogens with one attached hydrogen (secondary N) is 1. The van der Waals surface area contributed by atoms with E-state index in [1.54, 1.807) is 29.5 Å². The molecule has 0 bridgehead atoms. The SMILES string of the molecule is O=C(CSc1nc2ccccc2s1)N/N=C/c1cc(Br)ccc1O. The van der Waals surface area contributed by atoms with Gasteiger partial charge in [0.1, 0.15) is 5.75 Å². The summed E-state index contributed by atoms with van der Waals surface area (Å²) in [5, 5.41) is 13.5. The normalized spacial score (nSPS) is 11.2. The number of phenolic OH excluding ortho intramolecular Hbond substituents is 1. The molecule has 0 aliphatic carbocycles. The van der Waals surface area contributed by atoms with Crippen molar-refractivity contribution in [2.45, 2.75) is 4.34 Å². The number of carbonyl (C=O) groups is 1. The summed E-state index contributed by atoms with van der Waals surface area (Å²) in [5.41, 5.74) is 3.90. The number of aromatic hydroxyl groups is 1. The van der Waals surface area contributed by atoms with Crippen molar-refractivity contribution in [2.24, 2.45) is 5.10 Å². The fourth-order valence-corrected chi connectivity index (χ4v) is 4.11. The van der Waals surface area contributed by atoms with Crippen LogP contribution in [0.2, 0.25) is 0 Å². The summed E-state index contributed by atoms with van der Waals surface area (Å²) in [4.78, 5) is 16.3. The van der Waals surface area contributed by atoms with Gasteiger partial charge in [0.15, 0.2) is 4.34 Å². The zero-order valence-electron chi connectivity index (χ0n) is 12.3. The number of hydrogen-bond acceptors (Lipinski definition) is 6. The molecule has 3 aromatic rings. The lowest BCUT2D eigenvalue weighted by Crippen LogP contribution is -2.19. The van der Waals surface area contributed by atoms with Gasteiger partial charge in [-0.25, -0.2) is 10.4 Å². The number of rotatable bonds is 5. The Hall–Kier alpha value is -1.90. The zero-order valence-corrected chi connectivity index (χ0v) is 15.5. The number of thioether (sulfide) groups is 1. The topological polar surface area (TPSA) is 74.6 Å². The average molecular weight is 422 g/mol. The summed E-state index contributed by atoms with van der Waals surface area (Å²) in [6.45, 7) is 0. The lowest BCUT2D eigenvalue weighted by molar-refractivity contribution is -0.118. The molecule has 0 atom stereocenters.